The van der Waals surface area contributed by atoms with Crippen LogP contribution in [0.3, 0.4) is 0 Å². The molecule has 0 aliphatic carbocycles. The Morgan fingerprint density at radius 2 is 1.85 bits per heavy atom. The number of rotatable bonds is 4. The fraction of sp³-hybridized carbons (Fsp3) is 0.400. The molecular weight excluding hydrogens is 328 g/mol. The van der Waals surface area contributed by atoms with Crippen LogP contribution in [0.15, 0.2) is 30.3 Å². The van der Waals surface area contributed by atoms with Crippen molar-refractivity contribution in [3.05, 3.63) is 36.0 Å². The molecule has 0 unspecified atom stereocenters. The maximum Gasteiger partial charge on any atom is 0.328 e. The maximum absolute atomic E-state index is 12.9. The van der Waals surface area contributed by atoms with Gasteiger partial charge in [-0.2, -0.15) is 0 Å². The SMILES string of the molecule is CCCNC(=O)c1cc2c(c3ccccc3n2C(C)C)n1C(=O)N(C)C. The molecule has 0 bridgehead atoms. The first-order valence-corrected chi connectivity index (χ1v) is 9.02. The molecule has 0 aliphatic rings. The lowest BCUT2D eigenvalue weighted by Gasteiger charge is -2.15. The Labute approximate surface area is 153 Å². The van der Waals surface area contributed by atoms with Crippen LogP contribution in [-0.4, -0.2) is 46.6 Å². The van der Waals surface area contributed by atoms with E-state index in [1.54, 1.807) is 18.7 Å². The smallest absolute Gasteiger partial charge is 0.328 e. The Kier molecular flexibility index (Phi) is 4.76. The lowest BCUT2D eigenvalue weighted by Crippen LogP contribution is -2.33. The summed E-state index contributed by atoms with van der Waals surface area (Å²) in [6.07, 6.45) is 0.842. The van der Waals surface area contributed by atoms with Gasteiger partial charge in [0, 0.05) is 32.1 Å². The second-order valence-electron chi connectivity index (χ2n) is 7.01. The molecule has 2 amide bonds. The molecule has 0 saturated heterocycles. The van der Waals surface area contributed by atoms with Crippen molar-refractivity contribution in [1.29, 1.82) is 0 Å². The van der Waals surface area contributed by atoms with Gasteiger partial charge in [-0.1, -0.05) is 25.1 Å². The highest BCUT2D eigenvalue weighted by Crippen LogP contribution is 2.34. The van der Waals surface area contributed by atoms with Crippen LogP contribution >= 0.6 is 0 Å². The molecule has 0 atom stereocenters. The third-order valence-corrected chi connectivity index (χ3v) is 4.52. The van der Waals surface area contributed by atoms with E-state index in [-0.39, 0.29) is 18.0 Å². The van der Waals surface area contributed by atoms with E-state index in [4.69, 9.17) is 0 Å². The molecular formula is C20H26N4O2. The molecule has 0 saturated carbocycles. The summed E-state index contributed by atoms with van der Waals surface area (Å²) in [7, 11) is 3.40. The molecule has 0 aliphatic heterocycles. The van der Waals surface area contributed by atoms with Crippen LogP contribution in [0.4, 0.5) is 4.79 Å². The van der Waals surface area contributed by atoms with E-state index < -0.39 is 0 Å². The van der Waals surface area contributed by atoms with E-state index in [1.165, 1.54) is 4.90 Å². The summed E-state index contributed by atoms with van der Waals surface area (Å²) in [6, 6.07) is 9.82. The first kappa shape index (κ1) is 18.0. The van der Waals surface area contributed by atoms with Gasteiger partial charge in [0.1, 0.15) is 5.69 Å². The summed E-state index contributed by atoms with van der Waals surface area (Å²) in [5.74, 6) is -0.224. The van der Waals surface area contributed by atoms with Crippen LogP contribution in [0.5, 0.6) is 0 Å². The van der Waals surface area contributed by atoms with Crippen molar-refractivity contribution in [2.75, 3.05) is 20.6 Å². The van der Waals surface area contributed by atoms with E-state index in [9.17, 15) is 9.59 Å². The van der Waals surface area contributed by atoms with Gasteiger partial charge in [-0.3, -0.25) is 9.36 Å². The average molecular weight is 354 g/mol. The van der Waals surface area contributed by atoms with E-state index in [0.29, 0.717) is 12.2 Å². The molecule has 6 nitrogen and oxygen atoms in total. The lowest BCUT2D eigenvalue weighted by atomic mass is 10.2. The number of para-hydroxylation sites is 1. The molecule has 3 rings (SSSR count). The van der Waals surface area contributed by atoms with Gasteiger partial charge in [-0.15, -0.1) is 0 Å². The summed E-state index contributed by atoms with van der Waals surface area (Å²) < 4.78 is 3.72. The summed E-state index contributed by atoms with van der Waals surface area (Å²) >= 11 is 0. The van der Waals surface area contributed by atoms with Gasteiger partial charge in [-0.25, -0.2) is 4.79 Å². The average Bonchev–Trinajstić information content (AvgIpc) is 3.13. The molecule has 0 radical (unpaired) electrons. The minimum atomic E-state index is -0.228. The minimum Gasteiger partial charge on any atom is -0.351 e. The largest absolute Gasteiger partial charge is 0.351 e. The predicted molar refractivity (Wildman–Crippen MR) is 105 cm³/mol. The predicted octanol–water partition coefficient (Wildman–Crippen LogP) is 3.85. The second-order valence-corrected chi connectivity index (χ2v) is 7.01. The summed E-state index contributed by atoms with van der Waals surface area (Å²) in [5, 5.41) is 3.86. The minimum absolute atomic E-state index is 0.203. The highest BCUT2D eigenvalue weighted by Gasteiger charge is 2.26. The highest BCUT2D eigenvalue weighted by molar-refractivity contribution is 6.14. The monoisotopic (exact) mass is 354 g/mol. The molecule has 0 spiro atoms. The Bertz CT molecular complexity index is 979. The van der Waals surface area contributed by atoms with Gasteiger partial charge in [0.25, 0.3) is 5.91 Å². The lowest BCUT2D eigenvalue weighted by molar-refractivity contribution is 0.0945. The van der Waals surface area contributed by atoms with E-state index >= 15 is 0 Å². The van der Waals surface area contributed by atoms with Crippen LogP contribution in [0, 0.1) is 0 Å². The van der Waals surface area contributed by atoms with Crippen LogP contribution in [-0.2, 0) is 0 Å². The Hall–Kier alpha value is -2.76. The highest BCUT2D eigenvalue weighted by atomic mass is 16.2. The molecule has 26 heavy (non-hydrogen) atoms. The zero-order chi connectivity index (χ0) is 19.0. The van der Waals surface area contributed by atoms with Crippen molar-refractivity contribution >= 4 is 33.9 Å². The van der Waals surface area contributed by atoms with Gasteiger partial charge in [0.2, 0.25) is 0 Å². The third-order valence-electron chi connectivity index (χ3n) is 4.52. The number of hydrogen-bond acceptors (Lipinski definition) is 2. The standard InChI is InChI=1S/C20H26N4O2/c1-6-11-21-19(25)17-12-16-18(24(17)20(26)22(4)5)14-9-7-8-10-15(14)23(16)13(2)3/h7-10,12-13H,6,11H2,1-5H3,(H,21,25). The zero-order valence-electron chi connectivity index (χ0n) is 16.0. The van der Waals surface area contributed by atoms with Crippen molar-refractivity contribution in [3.63, 3.8) is 0 Å². The number of fused-ring (bicyclic) bond motifs is 3. The van der Waals surface area contributed by atoms with Crippen LogP contribution in [0.1, 0.15) is 43.7 Å². The molecule has 2 heterocycles. The first-order chi connectivity index (χ1) is 12.4. The van der Waals surface area contributed by atoms with Crippen molar-refractivity contribution in [2.45, 2.75) is 33.2 Å². The van der Waals surface area contributed by atoms with E-state index in [1.807, 2.05) is 31.2 Å². The number of benzene rings is 1. The number of amides is 2. The first-order valence-electron chi connectivity index (χ1n) is 9.02. The van der Waals surface area contributed by atoms with Gasteiger partial charge < -0.3 is 14.8 Å². The Morgan fingerprint density at radius 3 is 2.46 bits per heavy atom. The molecule has 1 N–H and O–H groups in total. The Morgan fingerprint density at radius 1 is 1.15 bits per heavy atom. The number of hydrogen-bond donors (Lipinski definition) is 1. The van der Waals surface area contributed by atoms with E-state index in [0.717, 1.165) is 28.4 Å². The van der Waals surface area contributed by atoms with Gasteiger partial charge >= 0.3 is 6.03 Å². The number of aromatic nitrogens is 2. The number of nitrogens with zero attached hydrogens (tertiary/aromatic N) is 3. The van der Waals surface area contributed by atoms with Gasteiger partial charge in [0.05, 0.1) is 16.6 Å². The number of carbonyl (C=O) groups excluding carboxylic acids is 2. The molecule has 138 valence electrons. The quantitative estimate of drug-likeness (QED) is 0.774. The third kappa shape index (κ3) is 2.75. The van der Waals surface area contributed by atoms with Crippen molar-refractivity contribution < 1.29 is 9.59 Å². The van der Waals surface area contributed by atoms with Crippen LogP contribution in [0.2, 0.25) is 0 Å². The van der Waals surface area contributed by atoms with Crippen LogP contribution < -0.4 is 5.32 Å². The molecule has 2 aromatic heterocycles. The second kappa shape index (κ2) is 6.86. The number of carbonyl (C=O) groups is 2. The van der Waals surface area contributed by atoms with Gasteiger partial charge in [0.15, 0.2) is 0 Å². The summed E-state index contributed by atoms with van der Waals surface area (Å²) in [6.45, 7) is 6.79. The van der Waals surface area contributed by atoms with E-state index in [2.05, 4.69) is 29.8 Å². The van der Waals surface area contributed by atoms with Gasteiger partial charge in [-0.05, 0) is 32.4 Å². The fourth-order valence-corrected chi connectivity index (χ4v) is 3.40. The van der Waals surface area contributed by atoms with Crippen molar-refractivity contribution in [2.24, 2.45) is 0 Å². The van der Waals surface area contributed by atoms with Crippen molar-refractivity contribution in [1.82, 2.24) is 19.4 Å². The normalized spacial score (nSPS) is 11.5. The maximum atomic E-state index is 12.9. The topological polar surface area (TPSA) is 59.3 Å². The molecule has 6 heteroatoms. The number of nitrogens with one attached hydrogen (secondary N) is 1. The van der Waals surface area contributed by atoms with Crippen molar-refractivity contribution in [3.8, 4) is 0 Å². The molecule has 0 fully saturated rings. The molecule has 1 aromatic carbocycles. The Balaban J connectivity index is 2.38. The zero-order valence-corrected chi connectivity index (χ0v) is 16.0. The fourth-order valence-electron chi connectivity index (χ4n) is 3.40. The summed E-state index contributed by atoms with van der Waals surface area (Å²) in [5.41, 5.74) is 3.13. The summed E-state index contributed by atoms with van der Waals surface area (Å²) in [4.78, 5) is 27.2. The molecule has 3 aromatic rings. The van der Waals surface area contributed by atoms with Crippen LogP contribution in [0.25, 0.3) is 21.9 Å².